The van der Waals surface area contributed by atoms with E-state index < -0.39 is 0 Å². The predicted octanol–water partition coefficient (Wildman–Crippen LogP) is 2.88. The second-order valence-electron chi connectivity index (χ2n) is 4.64. The second-order valence-corrected chi connectivity index (χ2v) is 5.05. The number of hydrogen-bond acceptors (Lipinski definition) is 3. The lowest BCUT2D eigenvalue weighted by molar-refractivity contribution is 0.0743. The first-order valence-electron chi connectivity index (χ1n) is 6.93. The van der Waals surface area contributed by atoms with E-state index in [0.29, 0.717) is 17.1 Å². The molecular weight excluding hydrogens is 300 g/mol. The van der Waals surface area contributed by atoms with E-state index in [-0.39, 0.29) is 19.1 Å². The molecule has 0 unspecified atom stereocenters. The van der Waals surface area contributed by atoms with Gasteiger partial charge in [0.2, 0.25) is 0 Å². The molecule has 0 bridgehead atoms. The van der Waals surface area contributed by atoms with Crippen molar-refractivity contribution < 1.29 is 9.90 Å². The van der Waals surface area contributed by atoms with E-state index in [9.17, 15) is 4.79 Å². The number of rotatable bonds is 6. The molecule has 2 aromatic rings. The molecule has 1 aromatic carbocycles. The van der Waals surface area contributed by atoms with Crippen LogP contribution in [0.5, 0.6) is 0 Å². The maximum atomic E-state index is 12.5. The predicted molar refractivity (Wildman–Crippen MR) is 87.7 cm³/mol. The summed E-state index contributed by atoms with van der Waals surface area (Å²) in [5.41, 5.74) is 1.44. The number of aliphatic hydroxyl groups is 1. The van der Waals surface area contributed by atoms with Crippen LogP contribution < -0.4 is 0 Å². The molecule has 114 valence electrons. The van der Waals surface area contributed by atoms with E-state index in [1.807, 2.05) is 42.5 Å². The van der Waals surface area contributed by atoms with Gasteiger partial charge in [0.15, 0.2) is 0 Å². The first kappa shape index (κ1) is 16.2. The average Bonchev–Trinajstić information content (AvgIpc) is 2.55. The van der Waals surface area contributed by atoms with Gasteiger partial charge >= 0.3 is 0 Å². The van der Waals surface area contributed by atoms with Crippen molar-refractivity contribution in [3.8, 4) is 0 Å². The van der Waals surface area contributed by atoms with Crippen LogP contribution in [0.4, 0.5) is 0 Å². The van der Waals surface area contributed by atoms with Crippen molar-refractivity contribution in [1.82, 2.24) is 9.88 Å². The molecular formula is C17H17ClN2O2. The summed E-state index contributed by atoms with van der Waals surface area (Å²) >= 11 is 6.00. The number of benzene rings is 1. The zero-order valence-electron chi connectivity index (χ0n) is 12.0. The van der Waals surface area contributed by atoms with Crippen LogP contribution in [0.25, 0.3) is 6.08 Å². The lowest BCUT2D eigenvalue weighted by Gasteiger charge is -2.20. The highest BCUT2D eigenvalue weighted by molar-refractivity contribution is 6.33. The summed E-state index contributed by atoms with van der Waals surface area (Å²) in [5, 5.41) is 9.46. The lowest BCUT2D eigenvalue weighted by Crippen LogP contribution is -2.34. The summed E-state index contributed by atoms with van der Waals surface area (Å²) in [5.74, 6) is -0.223. The molecule has 0 saturated carbocycles. The number of halogens is 1. The Bertz CT molecular complexity index is 644. The number of pyridine rings is 1. The SMILES string of the molecule is O=C(c1ccncc1Cl)N(C/C=C/c1ccccc1)CCO. The summed E-state index contributed by atoms with van der Waals surface area (Å²) in [4.78, 5) is 17.9. The Morgan fingerprint density at radius 2 is 2.05 bits per heavy atom. The third kappa shape index (κ3) is 4.41. The molecule has 0 saturated heterocycles. The average molecular weight is 317 g/mol. The fraction of sp³-hybridized carbons (Fsp3) is 0.176. The van der Waals surface area contributed by atoms with Crippen LogP contribution in [0.2, 0.25) is 5.02 Å². The molecule has 22 heavy (non-hydrogen) atoms. The van der Waals surface area contributed by atoms with Gasteiger partial charge in [-0.2, -0.15) is 0 Å². The van der Waals surface area contributed by atoms with Gasteiger partial charge in [-0.25, -0.2) is 0 Å². The molecule has 4 nitrogen and oxygen atoms in total. The topological polar surface area (TPSA) is 53.4 Å². The molecule has 0 radical (unpaired) electrons. The van der Waals surface area contributed by atoms with E-state index in [2.05, 4.69) is 4.98 Å². The molecule has 0 spiro atoms. The highest BCUT2D eigenvalue weighted by Crippen LogP contribution is 2.16. The Morgan fingerprint density at radius 1 is 1.27 bits per heavy atom. The third-order valence-electron chi connectivity index (χ3n) is 3.10. The number of carbonyl (C=O) groups is 1. The van der Waals surface area contributed by atoms with Gasteiger partial charge in [0.25, 0.3) is 5.91 Å². The van der Waals surface area contributed by atoms with Crippen molar-refractivity contribution in [2.45, 2.75) is 0 Å². The number of aliphatic hydroxyl groups excluding tert-OH is 1. The highest BCUT2D eigenvalue weighted by Gasteiger charge is 2.16. The molecule has 1 aromatic heterocycles. The zero-order chi connectivity index (χ0) is 15.8. The Balaban J connectivity index is 2.08. The van der Waals surface area contributed by atoms with E-state index >= 15 is 0 Å². The summed E-state index contributed by atoms with van der Waals surface area (Å²) in [6.07, 6.45) is 6.78. The van der Waals surface area contributed by atoms with E-state index in [0.717, 1.165) is 5.56 Å². The Labute approximate surface area is 134 Å². The first-order chi connectivity index (χ1) is 10.7. The van der Waals surface area contributed by atoms with Crippen molar-refractivity contribution in [3.63, 3.8) is 0 Å². The van der Waals surface area contributed by atoms with Crippen molar-refractivity contribution in [2.24, 2.45) is 0 Å². The van der Waals surface area contributed by atoms with Crippen LogP contribution >= 0.6 is 11.6 Å². The van der Waals surface area contributed by atoms with Gasteiger partial charge in [-0.1, -0.05) is 54.1 Å². The maximum absolute atomic E-state index is 12.5. The molecule has 0 fully saturated rings. The van der Waals surface area contributed by atoms with Gasteiger partial charge < -0.3 is 10.0 Å². The van der Waals surface area contributed by atoms with Gasteiger partial charge in [-0.15, -0.1) is 0 Å². The molecule has 0 atom stereocenters. The second kappa shape index (κ2) is 8.32. The quantitative estimate of drug-likeness (QED) is 0.891. The minimum atomic E-state index is -0.223. The largest absolute Gasteiger partial charge is 0.395 e. The van der Waals surface area contributed by atoms with Crippen LogP contribution in [0, 0.1) is 0 Å². The van der Waals surface area contributed by atoms with Crippen LogP contribution in [0.3, 0.4) is 0 Å². The minimum absolute atomic E-state index is 0.104. The molecule has 0 aliphatic heterocycles. The molecule has 0 aliphatic rings. The third-order valence-corrected chi connectivity index (χ3v) is 3.40. The number of hydrogen-bond donors (Lipinski definition) is 1. The number of aromatic nitrogens is 1. The van der Waals surface area contributed by atoms with Gasteiger partial charge in [0.05, 0.1) is 17.2 Å². The van der Waals surface area contributed by atoms with Gasteiger partial charge in [-0.05, 0) is 11.6 Å². The Morgan fingerprint density at radius 3 is 2.73 bits per heavy atom. The Kier molecular flexibility index (Phi) is 6.13. The first-order valence-corrected chi connectivity index (χ1v) is 7.31. The molecule has 5 heteroatoms. The number of nitrogens with zero attached hydrogens (tertiary/aromatic N) is 2. The molecule has 1 N–H and O–H groups in total. The summed E-state index contributed by atoms with van der Waals surface area (Å²) in [7, 11) is 0. The van der Waals surface area contributed by atoms with Gasteiger partial charge in [0, 0.05) is 25.5 Å². The smallest absolute Gasteiger partial charge is 0.255 e. The van der Waals surface area contributed by atoms with Crippen LogP contribution in [0.15, 0.2) is 54.9 Å². The van der Waals surface area contributed by atoms with E-state index in [1.54, 1.807) is 11.0 Å². The maximum Gasteiger partial charge on any atom is 0.255 e. The summed E-state index contributed by atoms with van der Waals surface area (Å²) < 4.78 is 0. The molecule has 0 aliphatic carbocycles. The lowest BCUT2D eigenvalue weighted by atomic mass is 10.2. The molecule has 2 rings (SSSR count). The number of amides is 1. The molecule has 1 amide bonds. The van der Waals surface area contributed by atoms with E-state index in [1.165, 1.54) is 12.4 Å². The van der Waals surface area contributed by atoms with Crippen LogP contribution in [-0.4, -0.2) is 40.6 Å². The monoisotopic (exact) mass is 316 g/mol. The normalized spacial score (nSPS) is 10.8. The minimum Gasteiger partial charge on any atom is -0.395 e. The van der Waals surface area contributed by atoms with E-state index in [4.69, 9.17) is 16.7 Å². The zero-order valence-corrected chi connectivity index (χ0v) is 12.8. The van der Waals surface area contributed by atoms with Gasteiger partial charge in [-0.3, -0.25) is 9.78 Å². The summed E-state index contributed by atoms with van der Waals surface area (Å²) in [6.45, 7) is 0.539. The van der Waals surface area contributed by atoms with Crippen LogP contribution in [-0.2, 0) is 0 Å². The standard InChI is InChI=1S/C17H17ClN2O2/c18-16-13-19-9-8-15(16)17(22)20(11-12-21)10-4-7-14-5-2-1-3-6-14/h1-9,13,21H,10-12H2/b7-4+. The summed E-state index contributed by atoms with van der Waals surface area (Å²) in [6, 6.07) is 11.4. The van der Waals surface area contributed by atoms with Crippen molar-refractivity contribution in [3.05, 3.63) is 71.0 Å². The highest BCUT2D eigenvalue weighted by atomic mass is 35.5. The number of carbonyl (C=O) groups excluding carboxylic acids is 1. The van der Waals surface area contributed by atoms with Crippen molar-refractivity contribution >= 4 is 23.6 Å². The molecule has 1 heterocycles. The van der Waals surface area contributed by atoms with Crippen molar-refractivity contribution in [2.75, 3.05) is 19.7 Å². The van der Waals surface area contributed by atoms with Crippen molar-refractivity contribution in [1.29, 1.82) is 0 Å². The van der Waals surface area contributed by atoms with Crippen LogP contribution in [0.1, 0.15) is 15.9 Å². The van der Waals surface area contributed by atoms with Gasteiger partial charge in [0.1, 0.15) is 0 Å². The fourth-order valence-electron chi connectivity index (χ4n) is 2.00. The fourth-order valence-corrected chi connectivity index (χ4v) is 2.20. The Hall–Kier alpha value is -2.17.